The number of anilines is 4. The van der Waals surface area contributed by atoms with Crippen molar-refractivity contribution in [3.63, 3.8) is 0 Å². The number of carbonyl (C=O) groups is 2. The van der Waals surface area contributed by atoms with Crippen molar-refractivity contribution in [1.82, 2.24) is 9.97 Å². The molecule has 0 unspecified atom stereocenters. The van der Waals surface area contributed by atoms with Gasteiger partial charge in [-0.25, -0.2) is 9.59 Å². The van der Waals surface area contributed by atoms with Gasteiger partial charge in [0.15, 0.2) is 11.2 Å². The fraction of sp³-hybridized carbons (Fsp3) is 0.176. The molecule has 16 heteroatoms. The second-order valence-corrected chi connectivity index (χ2v) is 10.4. The number of carboxylic acids is 1. The molecule has 0 aliphatic heterocycles. The van der Waals surface area contributed by atoms with E-state index in [1.165, 1.54) is 42.5 Å². The largest absolute Gasteiger partial charge is 0.478 e. The summed E-state index contributed by atoms with van der Waals surface area (Å²) in [7, 11) is 0. The number of oxazole rings is 2. The van der Waals surface area contributed by atoms with Gasteiger partial charge in [-0.3, -0.25) is 0 Å². The number of hydrogen-bond acceptors (Lipinski definition) is 9. The second-order valence-electron chi connectivity index (χ2n) is 10.4. The number of rotatable bonds is 8. The molecule has 0 spiro atoms. The van der Waals surface area contributed by atoms with Crippen LogP contribution < -0.4 is 10.6 Å². The summed E-state index contributed by atoms with van der Waals surface area (Å²) in [6.07, 6.45) is -8.34. The average Bonchev–Trinajstić information content (AvgIpc) is 3.66. The lowest BCUT2D eigenvalue weighted by atomic mass is 10.0. The lowest BCUT2D eigenvalue weighted by Gasteiger charge is -2.07. The fourth-order valence-electron chi connectivity index (χ4n) is 4.71. The highest BCUT2D eigenvalue weighted by atomic mass is 19.4. The number of hydrogen-bond donors (Lipinski definition) is 3. The molecule has 0 amide bonds. The third-order valence-electron chi connectivity index (χ3n) is 7.08. The summed E-state index contributed by atoms with van der Waals surface area (Å²) in [5.74, 6) is -1.52. The number of ether oxygens (including phenoxy) is 1. The topological polar surface area (TPSA) is 140 Å². The molecule has 10 nitrogen and oxygen atoms in total. The van der Waals surface area contributed by atoms with Crippen molar-refractivity contribution < 1.29 is 54.6 Å². The van der Waals surface area contributed by atoms with E-state index in [1.807, 2.05) is 0 Å². The van der Waals surface area contributed by atoms with E-state index in [1.54, 1.807) is 26.0 Å². The number of aromatic nitrogens is 2. The number of halogens is 6. The highest BCUT2D eigenvalue weighted by Crippen LogP contribution is 2.33. The zero-order valence-corrected chi connectivity index (χ0v) is 26.1. The Morgan fingerprint density at radius 3 is 1.76 bits per heavy atom. The second kappa shape index (κ2) is 14.2. The van der Waals surface area contributed by atoms with Crippen molar-refractivity contribution in [1.29, 1.82) is 0 Å². The molecule has 0 radical (unpaired) electrons. The van der Waals surface area contributed by atoms with Crippen molar-refractivity contribution >= 4 is 57.5 Å². The molecule has 0 bridgehead atoms. The molecule has 0 aliphatic rings. The van der Waals surface area contributed by atoms with E-state index in [2.05, 4.69) is 20.6 Å². The van der Waals surface area contributed by atoms with E-state index in [0.29, 0.717) is 51.1 Å². The van der Waals surface area contributed by atoms with Crippen LogP contribution >= 0.6 is 0 Å². The van der Waals surface area contributed by atoms with Crippen LogP contribution in [-0.2, 0) is 23.5 Å². The Hall–Kier alpha value is -6.06. The first-order chi connectivity index (χ1) is 23.7. The Morgan fingerprint density at radius 1 is 0.740 bits per heavy atom. The number of alkyl halides is 6. The van der Waals surface area contributed by atoms with Gasteiger partial charge in [0, 0.05) is 11.4 Å². The summed E-state index contributed by atoms with van der Waals surface area (Å²) in [5.41, 5.74) is 1.96. The molecule has 2 aromatic heterocycles. The predicted molar refractivity (Wildman–Crippen MR) is 170 cm³/mol. The van der Waals surface area contributed by atoms with Crippen LogP contribution in [0.25, 0.3) is 22.2 Å². The van der Waals surface area contributed by atoms with E-state index in [9.17, 15) is 41.0 Å². The van der Waals surface area contributed by atoms with Crippen LogP contribution in [0.4, 0.5) is 49.7 Å². The van der Waals surface area contributed by atoms with Crippen LogP contribution in [0.5, 0.6) is 0 Å². The molecule has 6 rings (SSSR count). The lowest BCUT2D eigenvalue weighted by Crippen LogP contribution is -2.04. The number of esters is 1. The van der Waals surface area contributed by atoms with Gasteiger partial charge in [-0.2, -0.15) is 36.3 Å². The lowest BCUT2D eigenvalue weighted by molar-refractivity contribution is -0.138. The van der Waals surface area contributed by atoms with Gasteiger partial charge in [-0.1, -0.05) is 6.92 Å². The maximum atomic E-state index is 12.6. The standard InChI is InChI=1S/2C17H13F3N2O3/c1-2-24-15(23)10-3-8-14-13(9-10)22-16(25-14)21-12-6-4-11(5-7-12)17(18,19)20;1-2-11-12(15(23)24)7-8-13-14(11)22-16(25-13)21-10-5-3-9(4-6-10)17(18,19)20/h3-9H,2H2,1H3,(H,21,22);3-8H,2H2,1H3,(H,21,22)(H,23,24). The number of carbonyl (C=O) groups excluding carboxylic acids is 1. The molecule has 0 atom stereocenters. The molecule has 4 aromatic carbocycles. The van der Waals surface area contributed by atoms with Gasteiger partial charge < -0.3 is 29.3 Å². The number of benzene rings is 4. The number of carboxylic acid groups (broad SMARTS) is 1. The molecule has 0 aliphatic carbocycles. The smallest absolute Gasteiger partial charge is 0.416 e. The quantitative estimate of drug-likeness (QED) is 0.104. The van der Waals surface area contributed by atoms with Crippen LogP contribution in [-0.4, -0.2) is 33.6 Å². The number of nitrogens with one attached hydrogen (secondary N) is 2. The summed E-state index contributed by atoms with van der Waals surface area (Å²) in [5, 5.41) is 14.8. The normalized spacial score (nSPS) is 11.6. The minimum atomic E-state index is -4.40. The SMILES string of the molecule is CCOC(=O)c1ccc2oc(Nc3ccc(C(F)(F)F)cc3)nc2c1.CCc1c(C(=O)O)ccc2oc(Nc3ccc(C(F)(F)F)cc3)nc12. The Bertz CT molecular complexity index is 2140. The van der Waals surface area contributed by atoms with Crippen molar-refractivity contribution in [2.75, 3.05) is 17.2 Å². The van der Waals surface area contributed by atoms with Gasteiger partial charge in [0.25, 0.3) is 12.0 Å². The minimum Gasteiger partial charge on any atom is -0.478 e. The third kappa shape index (κ3) is 8.14. The zero-order valence-electron chi connectivity index (χ0n) is 26.1. The average molecular weight is 701 g/mol. The van der Waals surface area contributed by atoms with Gasteiger partial charge in [0.05, 0.1) is 28.9 Å². The van der Waals surface area contributed by atoms with E-state index < -0.39 is 35.4 Å². The summed E-state index contributed by atoms with van der Waals surface area (Å²) >= 11 is 0. The van der Waals surface area contributed by atoms with Gasteiger partial charge >= 0.3 is 24.3 Å². The van der Waals surface area contributed by atoms with E-state index in [0.717, 1.165) is 24.3 Å². The monoisotopic (exact) mass is 700 g/mol. The van der Waals surface area contributed by atoms with Gasteiger partial charge in [0.2, 0.25) is 0 Å². The fourth-order valence-corrected chi connectivity index (χ4v) is 4.71. The van der Waals surface area contributed by atoms with Crippen LogP contribution in [0.1, 0.15) is 51.3 Å². The number of nitrogens with zero attached hydrogens (tertiary/aromatic N) is 2. The van der Waals surface area contributed by atoms with Crippen molar-refractivity contribution in [3.05, 3.63) is 107 Å². The Kier molecular flexibility index (Phi) is 10.0. The molecule has 6 aromatic rings. The van der Waals surface area contributed by atoms with E-state index in [4.69, 9.17) is 13.6 Å². The first-order valence-electron chi connectivity index (χ1n) is 14.8. The van der Waals surface area contributed by atoms with E-state index >= 15 is 0 Å². The van der Waals surface area contributed by atoms with Crippen LogP contribution in [0.3, 0.4) is 0 Å². The van der Waals surface area contributed by atoms with Gasteiger partial charge in [-0.05, 0) is 97.8 Å². The third-order valence-corrected chi connectivity index (χ3v) is 7.08. The first kappa shape index (κ1) is 35.3. The van der Waals surface area contributed by atoms with Gasteiger partial charge in [0.1, 0.15) is 11.0 Å². The van der Waals surface area contributed by atoms with Crippen molar-refractivity contribution in [3.8, 4) is 0 Å². The predicted octanol–water partition coefficient (Wildman–Crippen LogP) is 9.62. The van der Waals surface area contributed by atoms with Crippen molar-refractivity contribution in [2.45, 2.75) is 32.6 Å². The molecule has 0 saturated heterocycles. The number of fused-ring (bicyclic) bond motifs is 2. The maximum absolute atomic E-state index is 12.6. The maximum Gasteiger partial charge on any atom is 0.416 e. The molecule has 2 heterocycles. The summed E-state index contributed by atoms with van der Waals surface area (Å²) < 4.78 is 91.3. The molecule has 260 valence electrons. The molecular weight excluding hydrogens is 674 g/mol. The molecule has 3 N–H and O–H groups in total. The number of aromatic carboxylic acids is 1. The molecule has 50 heavy (non-hydrogen) atoms. The summed E-state index contributed by atoms with van der Waals surface area (Å²) in [4.78, 5) is 31.4. The minimum absolute atomic E-state index is 0.0759. The van der Waals surface area contributed by atoms with Crippen LogP contribution in [0.2, 0.25) is 0 Å². The molecule has 0 fully saturated rings. The number of aryl methyl sites for hydroxylation is 1. The Morgan fingerprint density at radius 2 is 1.26 bits per heavy atom. The first-order valence-corrected chi connectivity index (χ1v) is 14.8. The van der Waals surface area contributed by atoms with E-state index in [-0.39, 0.29) is 24.2 Å². The van der Waals surface area contributed by atoms with Crippen molar-refractivity contribution in [2.24, 2.45) is 0 Å². The highest BCUT2D eigenvalue weighted by molar-refractivity contribution is 5.96. The van der Waals surface area contributed by atoms with Crippen LogP contribution in [0, 0.1) is 0 Å². The van der Waals surface area contributed by atoms with Gasteiger partial charge in [-0.15, -0.1) is 0 Å². The van der Waals surface area contributed by atoms with Crippen LogP contribution in [0.15, 0.2) is 87.7 Å². The zero-order chi connectivity index (χ0) is 36.2. The summed E-state index contributed by atoms with van der Waals surface area (Å²) in [6.45, 7) is 3.77. The Labute approximate surface area is 278 Å². The highest BCUT2D eigenvalue weighted by Gasteiger charge is 2.31. The molecule has 0 saturated carbocycles. The molecular formula is C34H26F6N4O6. The summed E-state index contributed by atoms with van der Waals surface area (Å²) in [6, 6.07) is 16.7. The Balaban J connectivity index is 0.000000194.